The van der Waals surface area contributed by atoms with E-state index in [0.717, 1.165) is 0 Å². The van der Waals surface area contributed by atoms with Crippen molar-refractivity contribution in [3.63, 3.8) is 0 Å². The molecule has 0 radical (unpaired) electrons. The molecule has 1 aliphatic heterocycles. The number of hydrogen-bond donors (Lipinski definition) is 0. The molecule has 0 saturated carbocycles. The zero-order chi connectivity index (χ0) is 7.78. The first-order chi connectivity index (χ1) is 4.50. The topological polar surface area (TPSA) is 12.5 Å². The second kappa shape index (κ2) is 2.38. The molecule has 60 valence electrons. The summed E-state index contributed by atoms with van der Waals surface area (Å²) in [6.45, 7) is 0.260. The minimum absolute atomic E-state index is 0.260. The Hall–Kier alpha value is -0.320. The first-order valence-electron chi connectivity index (χ1n) is 2.82. The van der Waals surface area contributed by atoms with Crippen LogP contribution in [0.5, 0.6) is 0 Å². The van der Waals surface area contributed by atoms with E-state index < -0.39 is 24.9 Å². The summed E-state index contributed by atoms with van der Waals surface area (Å²) in [5.74, 6) is 0. The molecule has 0 N–H and O–H groups in total. The maximum absolute atomic E-state index is 12.0. The van der Waals surface area contributed by atoms with Crippen LogP contribution in [0.25, 0.3) is 0 Å². The molecule has 1 rings (SSSR count). The van der Waals surface area contributed by atoms with Crippen molar-refractivity contribution in [3.05, 3.63) is 0 Å². The lowest BCUT2D eigenvalue weighted by atomic mass is 10.2. The highest BCUT2D eigenvalue weighted by Crippen LogP contribution is 2.29. The van der Waals surface area contributed by atoms with E-state index in [4.69, 9.17) is 0 Å². The summed E-state index contributed by atoms with van der Waals surface area (Å²) in [5.41, 5.74) is 0. The Kier molecular flexibility index (Phi) is 1.85. The predicted molar refractivity (Wildman–Crippen MR) is 25.3 cm³/mol. The molecule has 5 heteroatoms. The van der Waals surface area contributed by atoms with E-state index in [1.54, 1.807) is 0 Å². The first kappa shape index (κ1) is 7.78. The van der Waals surface area contributed by atoms with E-state index in [-0.39, 0.29) is 6.61 Å². The van der Waals surface area contributed by atoms with Gasteiger partial charge in [0.15, 0.2) is 6.17 Å². The molecule has 0 aromatic carbocycles. The smallest absolute Gasteiger partial charge is 0.373 e. The van der Waals surface area contributed by atoms with E-state index in [1.807, 2.05) is 0 Å². The van der Waals surface area contributed by atoms with E-state index in [2.05, 4.69) is 4.74 Å². The zero-order valence-electron chi connectivity index (χ0n) is 4.99. The summed E-state index contributed by atoms with van der Waals surface area (Å²) < 4.78 is 50.6. The van der Waals surface area contributed by atoms with Crippen molar-refractivity contribution < 1.29 is 22.3 Å². The summed E-state index contributed by atoms with van der Waals surface area (Å²) in [6, 6.07) is 0. The van der Waals surface area contributed by atoms with Gasteiger partial charge in [0, 0.05) is 6.42 Å². The van der Waals surface area contributed by atoms with E-state index >= 15 is 0 Å². The monoisotopic (exact) mass is 158 g/mol. The van der Waals surface area contributed by atoms with Crippen LogP contribution >= 0.6 is 0 Å². The SMILES string of the molecule is FC(CC1CO1)C(F)(F)F. The Morgan fingerprint density at radius 3 is 2.30 bits per heavy atom. The molecule has 0 bridgehead atoms. The molecular formula is C5H6F4O. The van der Waals surface area contributed by atoms with Gasteiger partial charge < -0.3 is 4.74 Å². The summed E-state index contributed by atoms with van der Waals surface area (Å²) in [5, 5.41) is 0. The quantitative estimate of drug-likeness (QED) is 0.440. The number of halogens is 4. The van der Waals surface area contributed by atoms with Crippen LogP contribution in [-0.4, -0.2) is 25.1 Å². The van der Waals surface area contributed by atoms with Gasteiger partial charge >= 0.3 is 6.18 Å². The normalized spacial score (nSPS) is 28.2. The Balaban J connectivity index is 2.25. The van der Waals surface area contributed by atoms with Crippen molar-refractivity contribution in [1.29, 1.82) is 0 Å². The van der Waals surface area contributed by atoms with Gasteiger partial charge in [-0.25, -0.2) is 4.39 Å². The third-order valence-corrected chi connectivity index (χ3v) is 1.23. The van der Waals surface area contributed by atoms with Gasteiger partial charge in [-0.05, 0) is 0 Å². The standard InChI is InChI=1S/C5H6F4O/c6-4(5(7,8)9)1-3-2-10-3/h3-4H,1-2H2. The third kappa shape index (κ3) is 2.13. The number of epoxide rings is 1. The second-order valence-electron chi connectivity index (χ2n) is 2.20. The fraction of sp³-hybridized carbons (Fsp3) is 1.00. The van der Waals surface area contributed by atoms with Gasteiger partial charge in [-0.3, -0.25) is 0 Å². The molecule has 1 heterocycles. The average Bonchev–Trinajstić information content (AvgIpc) is 2.47. The highest BCUT2D eigenvalue weighted by atomic mass is 19.4. The third-order valence-electron chi connectivity index (χ3n) is 1.23. The summed E-state index contributed by atoms with van der Waals surface area (Å²) in [4.78, 5) is 0. The molecule has 0 aromatic heterocycles. The molecule has 1 saturated heterocycles. The maximum Gasteiger partial charge on any atom is 0.419 e. The van der Waals surface area contributed by atoms with Gasteiger partial charge in [-0.1, -0.05) is 0 Å². The lowest BCUT2D eigenvalue weighted by Crippen LogP contribution is -2.25. The van der Waals surface area contributed by atoms with Crippen molar-refractivity contribution >= 4 is 0 Å². The molecule has 1 fully saturated rings. The Bertz CT molecular complexity index is 117. The van der Waals surface area contributed by atoms with Crippen LogP contribution in [-0.2, 0) is 4.74 Å². The summed E-state index contributed by atoms with van der Waals surface area (Å²) in [7, 11) is 0. The van der Waals surface area contributed by atoms with Crippen molar-refractivity contribution in [1.82, 2.24) is 0 Å². The van der Waals surface area contributed by atoms with Crippen molar-refractivity contribution in [3.8, 4) is 0 Å². The molecule has 1 aliphatic rings. The molecule has 0 aliphatic carbocycles. The number of hydrogen-bond acceptors (Lipinski definition) is 1. The fourth-order valence-electron chi connectivity index (χ4n) is 0.569. The molecule has 1 nitrogen and oxygen atoms in total. The highest BCUT2D eigenvalue weighted by Gasteiger charge is 2.43. The van der Waals surface area contributed by atoms with Crippen LogP contribution in [0.1, 0.15) is 6.42 Å². The number of rotatable bonds is 2. The Morgan fingerprint density at radius 2 is 2.00 bits per heavy atom. The minimum Gasteiger partial charge on any atom is -0.373 e. The van der Waals surface area contributed by atoms with Crippen LogP contribution in [0.2, 0.25) is 0 Å². The summed E-state index contributed by atoms with van der Waals surface area (Å²) >= 11 is 0. The number of ether oxygens (including phenoxy) is 1. The lowest BCUT2D eigenvalue weighted by molar-refractivity contribution is -0.182. The van der Waals surface area contributed by atoms with Crippen molar-refractivity contribution in [2.45, 2.75) is 24.9 Å². The summed E-state index contributed by atoms with van der Waals surface area (Å²) in [6.07, 6.45) is -8.49. The van der Waals surface area contributed by atoms with Crippen LogP contribution in [0, 0.1) is 0 Å². The van der Waals surface area contributed by atoms with E-state index in [1.165, 1.54) is 0 Å². The van der Waals surface area contributed by atoms with Gasteiger partial charge in [0.1, 0.15) is 0 Å². The van der Waals surface area contributed by atoms with E-state index in [0.29, 0.717) is 0 Å². The van der Waals surface area contributed by atoms with Crippen LogP contribution < -0.4 is 0 Å². The minimum atomic E-state index is -4.72. The number of alkyl halides is 4. The fourth-order valence-corrected chi connectivity index (χ4v) is 0.569. The van der Waals surface area contributed by atoms with Gasteiger partial charge in [-0.2, -0.15) is 13.2 Å². The molecular weight excluding hydrogens is 152 g/mol. The second-order valence-corrected chi connectivity index (χ2v) is 2.20. The van der Waals surface area contributed by atoms with Gasteiger partial charge in [0.2, 0.25) is 0 Å². The Labute approximate surface area is 55.0 Å². The maximum atomic E-state index is 12.0. The van der Waals surface area contributed by atoms with Crippen LogP contribution in [0.15, 0.2) is 0 Å². The van der Waals surface area contributed by atoms with Gasteiger partial charge in [0.05, 0.1) is 12.7 Å². The first-order valence-corrected chi connectivity index (χ1v) is 2.82. The molecule has 0 amide bonds. The largest absolute Gasteiger partial charge is 0.419 e. The average molecular weight is 158 g/mol. The van der Waals surface area contributed by atoms with Gasteiger partial charge in [0.25, 0.3) is 0 Å². The molecule has 2 unspecified atom stereocenters. The van der Waals surface area contributed by atoms with Crippen molar-refractivity contribution in [2.75, 3.05) is 6.61 Å². The lowest BCUT2D eigenvalue weighted by Gasteiger charge is -2.09. The van der Waals surface area contributed by atoms with Gasteiger partial charge in [-0.15, -0.1) is 0 Å². The van der Waals surface area contributed by atoms with Crippen molar-refractivity contribution in [2.24, 2.45) is 0 Å². The molecule has 0 aromatic rings. The molecule has 2 atom stereocenters. The highest BCUT2D eigenvalue weighted by molar-refractivity contribution is 4.77. The predicted octanol–water partition coefficient (Wildman–Crippen LogP) is 1.68. The molecule has 10 heavy (non-hydrogen) atoms. The van der Waals surface area contributed by atoms with Crippen LogP contribution in [0.3, 0.4) is 0 Å². The zero-order valence-corrected chi connectivity index (χ0v) is 4.99. The Morgan fingerprint density at radius 1 is 1.50 bits per heavy atom. The molecule has 0 spiro atoms. The van der Waals surface area contributed by atoms with Crippen LogP contribution in [0.4, 0.5) is 17.6 Å². The van der Waals surface area contributed by atoms with E-state index in [9.17, 15) is 17.6 Å².